The van der Waals surface area contributed by atoms with Crippen LogP contribution in [0.2, 0.25) is 0 Å². The summed E-state index contributed by atoms with van der Waals surface area (Å²) >= 11 is 0. The van der Waals surface area contributed by atoms with Gasteiger partial charge in [0.1, 0.15) is 17.9 Å². The Labute approximate surface area is 121 Å². The third-order valence-corrected chi connectivity index (χ3v) is 2.87. The second-order valence-corrected chi connectivity index (χ2v) is 4.33. The summed E-state index contributed by atoms with van der Waals surface area (Å²) in [5.74, 6) is -1.74. The summed E-state index contributed by atoms with van der Waals surface area (Å²) in [7, 11) is 1.47. The van der Waals surface area contributed by atoms with Crippen molar-refractivity contribution in [2.45, 2.75) is 18.2 Å². The topological polar surface area (TPSA) is 142 Å². The zero-order valence-electron chi connectivity index (χ0n) is 11.4. The minimum absolute atomic E-state index is 0.293. The molecular weight excluding hydrogens is 280 g/mol. The van der Waals surface area contributed by atoms with E-state index in [1.54, 1.807) is 12.1 Å². The first kappa shape index (κ1) is 16.9. The fourth-order valence-corrected chi connectivity index (χ4v) is 1.61. The monoisotopic (exact) mass is 298 g/mol. The highest BCUT2D eigenvalue weighted by Crippen LogP contribution is 2.20. The molecule has 21 heavy (non-hydrogen) atoms. The number of rotatable bonds is 7. The second kappa shape index (κ2) is 7.58. The normalized spacial score (nSPS) is 14.9. The Balaban J connectivity index is 2.88. The highest BCUT2D eigenvalue weighted by atomic mass is 16.5. The Morgan fingerprint density at radius 3 is 2.33 bits per heavy atom. The molecule has 1 aromatic carbocycles. The van der Waals surface area contributed by atoms with Gasteiger partial charge in [0, 0.05) is 0 Å². The number of nitrogens with one attached hydrogen (secondary N) is 1. The van der Waals surface area contributed by atoms with Crippen molar-refractivity contribution in [3.63, 3.8) is 0 Å². The average Bonchev–Trinajstić information content (AvgIpc) is 2.50. The zero-order chi connectivity index (χ0) is 16.0. The van der Waals surface area contributed by atoms with Gasteiger partial charge in [-0.1, -0.05) is 12.1 Å². The highest BCUT2D eigenvalue weighted by Gasteiger charge is 2.30. The number of carbonyl (C=O) groups is 2. The number of aliphatic carboxylic acids is 1. The van der Waals surface area contributed by atoms with Crippen LogP contribution < -0.4 is 15.8 Å². The van der Waals surface area contributed by atoms with E-state index in [0.29, 0.717) is 11.3 Å². The number of amides is 1. The summed E-state index contributed by atoms with van der Waals surface area (Å²) in [6, 6.07) is 3.24. The number of aliphatic hydroxyl groups is 2. The van der Waals surface area contributed by atoms with Crippen molar-refractivity contribution in [3.8, 4) is 5.75 Å². The van der Waals surface area contributed by atoms with Gasteiger partial charge in [0.05, 0.1) is 13.7 Å². The summed E-state index contributed by atoms with van der Waals surface area (Å²) in [5.41, 5.74) is 5.58. The lowest BCUT2D eigenvalue weighted by Crippen LogP contribution is -2.52. The van der Waals surface area contributed by atoms with Gasteiger partial charge in [0.2, 0.25) is 5.91 Å². The number of hydrogen-bond acceptors (Lipinski definition) is 6. The van der Waals surface area contributed by atoms with Gasteiger partial charge in [0.15, 0.2) is 6.04 Å². The van der Waals surface area contributed by atoms with Crippen molar-refractivity contribution in [3.05, 3.63) is 29.8 Å². The maximum absolute atomic E-state index is 11.5. The van der Waals surface area contributed by atoms with Gasteiger partial charge in [-0.15, -0.1) is 0 Å². The van der Waals surface area contributed by atoms with E-state index in [2.05, 4.69) is 5.32 Å². The number of benzene rings is 1. The first-order valence-electron chi connectivity index (χ1n) is 6.12. The highest BCUT2D eigenvalue weighted by molar-refractivity contribution is 5.87. The molecule has 8 heteroatoms. The average molecular weight is 298 g/mol. The fraction of sp³-hybridized carbons (Fsp3) is 0.385. The fourth-order valence-electron chi connectivity index (χ4n) is 1.61. The number of ether oxygens (including phenoxy) is 1. The molecule has 0 saturated carbocycles. The number of methoxy groups -OCH3 is 1. The summed E-state index contributed by atoms with van der Waals surface area (Å²) in [5, 5.41) is 30.0. The molecule has 8 nitrogen and oxygen atoms in total. The molecule has 3 atom stereocenters. The lowest BCUT2D eigenvalue weighted by atomic mass is 10.0. The quantitative estimate of drug-likeness (QED) is 0.417. The van der Waals surface area contributed by atoms with Crippen LogP contribution in [-0.2, 0) is 9.59 Å². The van der Waals surface area contributed by atoms with Gasteiger partial charge in [0.25, 0.3) is 0 Å². The first-order valence-corrected chi connectivity index (χ1v) is 6.12. The Morgan fingerprint density at radius 2 is 1.90 bits per heavy atom. The van der Waals surface area contributed by atoms with Crippen molar-refractivity contribution < 1.29 is 29.6 Å². The number of nitrogens with two attached hydrogens (primary N) is 1. The predicted octanol–water partition coefficient (Wildman–Crippen LogP) is -1.38. The summed E-state index contributed by atoms with van der Waals surface area (Å²) in [6.07, 6.45) is -1.47. The van der Waals surface area contributed by atoms with Crippen molar-refractivity contribution >= 4 is 11.9 Å². The molecule has 0 fully saturated rings. The van der Waals surface area contributed by atoms with Crippen LogP contribution in [0, 0.1) is 0 Å². The molecule has 116 valence electrons. The van der Waals surface area contributed by atoms with Crippen molar-refractivity contribution in [2.75, 3.05) is 13.7 Å². The molecule has 1 aromatic rings. The van der Waals surface area contributed by atoms with Gasteiger partial charge in [-0.25, -0.2) is 4.79 Å². The number of carbonyl (C=O) groups excluding carboxylic acids is 1. The molecular formula is C13H18N2O6. The van der Waals surface area contributed by atoms with Gasteiger partial charge < -0.3 is 31.1 Å². The number of carboxylic acids is 1. The third-order valence-electron chi connectivity index (χ3n) is 2.87. The van der Waals surface area contributed by atoms with Crippen molar-refractivity contribution in [2.24, 2.45) is 5.73 Å². The first-order chi connectivity index (χ1) is 9.90. The predicted molar refractivity (Wildman–Crippen MR) is 72.6 cm³/mol. The molecule has 6 N–H and O–H groups in total. The molecule has 0 bridgehead atoms. The van der Waals surface area contributed by atoms with Gasteiger partial charge >= 0.3 is 5.97 Å². The van der Waals surface area contributed by atoms with E-state index in [-0.39, 0.29) is 0 Å². The molecule has 1 amide bonds. The van der Waals surface area contributed by atoms with E-state index in [4.69, 9.17) is 20.7 Å². The Morgan fingerprint density at radius 1 is 1.33 bits per heavy atom. The van der Waals surface area contributed by atoms with E-state index < -0.39 is 36.7 Å². The maximum atomic E-state index is 11.5. The molecule has 0 radical (unpaired) electrons. The van der Waals surface area contributed by atoms with Crippen LogP contribution in [0.15, 0.2) is 24.3 Å². The van der Waals surface area contributed by atoms with Crippen LogP contribution in [0.25, 0.3) is 0 Å². The largest absolute Gasteiger partial charge is 0.497 e. The molecule has 0 aliphatic rings. The molecule has 1 rings (SSSR count). The van der Waals surface area contributed by atoms with E-state index in [9.17, 15) is 14.7 Å². The Kier molecular flexibility index (Phi) is 6.10. The summed E-state index contributed by atoms with van der Waals surface area (Å²) < 4.78 is 4.96. The lowest BCUT2D eigenvalue weighted by molar-refractivity contribution is -0.145. The zero-order valence-corrected chi connectivity index (χ0v) is 11.4. The molecule has 0 aliphatic carbocycles. The standard InChI is InChI=1S/C13H18N2O6/c1-21-8-4-2-7(3-5-8)11(17)10(13(19)20)15-12(18)9(14)6-16/h2-5,9-11,16-17H,6,14H2,1H3,(H,15,18)(H,19,20). The van der Waals surface area contributed by atoms with E-state index in [0.717, 1.165) is 0 Å². The minimum atomic E-state index is -1.58. The van der Waals surface area contributed by atoms with E-state index in [1.807, 2.05) is 0 Å². The smallest absolute Gasteiger partial charge is 0.329 e. The number of aliphatic hydroxyl groups excluding tert-OH is 2. The SMILES string of the molecule is COc1ccc(C(O)C(NC(=O)C(N)CO)C(=O)O)cc1. The van der Waals surface area contributed by atoms with E-state index >= 15 is 0 Å². The molecule has 0 saturated heterocycles. The van der Waals surface area contributed by atoms with Crippen LogP contribution in [0.5, 0.6) is 5.75 Å². The van der Waals surface area contributed by atoms with Gasteiger partial charge in [-0.05, 0) is 17.7 Å². The van der Waals surface area contributed by atoms with Crippen LogP contribution in [0.3, 0.4) is 0 Å². The summed E-state index contributed by atoms with van der Waals surface area (Å²) in [6.45, 7) is -0.628. The number of carboxylic acid groups (broad SMARTS) is 1. The third kappa shape index (κ3) is 4.42. The van der Waals surface area contributed by atoms with Crippen LogP contribution in [-0.4, -0.2) is 53.0 Å². The Hall–Kier alpha value is -2.16. The summed E-state index contributed by atoms with van der Waals surface area (Å²) in [4.78, 5) is 22.7. The van der Waals surface area contributed by atoms with Crippen LogP contribution in [0.4, 0.5) is 0 Å². The van der Waals surface area contributed by atoms with E-state index in [1.165, 1.54) is 19.2 Å². The number of hydrogen-bond donors (Lipinski definition) is 5. The molecule has 0 aromatic heterocycles. The van der Waals surface area contributed by atoms with Crippen LogP contribution in [0.1, 0.15) is 11.7 Å². The van der Waals surface area contributed by atoms with Crippen LogP contribution >= 0.6 is 0 Å². The maximum Gasteiger partial charge on any atom is 0.329 e. The van der Waals surface area contributed by atoms with Gasteiger partial charge in [-0.2, -0.15) is 0 Å². The molecule has 0 aliphatic heterocycles. The Bertz CT molecular complexity index is 490. The minimum Gasteiger partial charge on any atom is -0.497 e. The second-order valence-electron chi connectivity index (χ2n) is 4.33. The molecule has 3 unspecified atom stereocenters. The van der Waals surface area contributed by atoms with Gasteiger partial charge in [-0.3, -0.25) is 4.79 Å². The van der Waals surface area contributed by atoms with Crippen molar-refractivity contribution in [1.82, 2.24) is 5.32 Å². The molecule has 0 spiro atoms. The van der Waals surface area contributed by atoms with Crippen molar-refractivity contribution in [1.29, 1.82) is 0 Å². The molecule has 0 heterocycles. The lowest BCUT2D eigenvalue weighted by Gasteiger charge is -2.22.